The molecule has 1 N–H and O–H groups in total. The number of nitrogens with zero attached hydrogens (tertiary/aromatic N) is 3. The van der Waals surface area contributed by atoms with E-state index in [-0.39, 0.29) is 24.0 Å². The lowest BCUT2D eigenvalue weighted by Crippen LogP contribution is -2.45. The fourth-order valence-corrected chi connectivity index (χ4v) is 3.90. The third-order valence-electron chi connectivity index (χ3n) is 4.87. The van der Waals surface area contributed by atoms with Crippen molar-refractivity contribution in [3.63, 3.8) is 0 Å². The number of hydrogen-bond acceptors (Lipinski definition) is 3. The molecule has 2 aliphatic rings. The molecule has 2 atom stereocenters. The van der Waals surface area contributed by atoms with E-state index in [9.17, 15) is 0 Å². The van der Waals surface area contributed by atoms with Gasteiger partial charge in [0.1, 0.15) is 0 Å². The van der Waals surface area contributed by atoms with Crippen LogP contribution in [-0.4, -0.2) is 62.3 Å². The highest BCUT2D eigenvalue weighted by Crippen LogP contribution is 2.27. The topological polar surface area (TPSA) is 40.1 Å². The Labute approximate surface area is 175 Å². The van der Waals surface area contributed by atoms with Crippen molar-refractivity contribution in [2.45, 2.75) is 45.8 Å². The second kappa shape index (κ2) is 10.5. The molecule has 0 amide bonds. The monoisotopic (exact) mass is 472 g/mol. The summed E-state index contributed by atoms with van der Waals surface area (Å²) in [6.07, 6.45) is 2.87. The highest BCUT2D eigenvalue weighted by Gasteiger charge is 2.23. The van der Waals surface area contributed by atoms with E-state index in [2.05, 4.69) is 60.2 Å². The molecule has 0 aliphatic carbocycles. The van der Waals surface area contributed by atoms with Crippen LogP contribution in [0.2, 0.25) is 0 Å². The standard InChI is InChI=1S/C20H32N4O.HI/c1-4-21-20(24-13-10-18-8-5-6-9-19(18)24)22-11-7-12-23-14-16(2)25-17(3)15-23;/h5-6,8-9,16-17H,4,7,10-15H2,1-3H3,(H,21,22);1H. The number of anilines is 1. The first kappa shape index (κ1) is 21.4. The van der Waals surface area contributed by atoms with Crippen molar-refractivity contribution < 1.29 is 4.74 Å². The Morgan fingerprint density at radius 2 is 1.96 bits per heavy atom. The SMILES string of the molecule is CCNC(=NCCCN1CC(C)OC(C)C1)N1CCc2ccccc21.I. The van der Waals surface area contributed by atoms with Crippen molar-refractivity contribution in [3.05, 3.63) is 29.8 Å². The average molecular weight is 472 g/mol. The number of fused-ring (bicyclic) bond motifs is 1. The summed E-state index contributed by atoms with van der Waals surface area (Å²) in [6, 6.07) is 8.66. The molecule has 0 radical (unpaired) electrons. The van der Waals surface area contributed by atoms with Gasteiger partial charge in [-0.25, -0.2) is 0 Å². The second-order valence-electron chi connectivity index (χ2n) is 7.14. The van der Waals surface area contributed by atoms with E-state index in [1.54, 1.807) is 0 Å². The Kier molecular flexibility index (Phi) is 8.63. The van der Waals surface area contributed by atoms with Crippen molar-refractivity contribution in [1.29, 1.82) is 0 Å². The minimum Gasteiger partial charge on any atom is -0.373 e. The fraction of sp³-hybridized carbons (Fsp3) is 0.650. The Morgan fingerprint density at radius 1 is 1.23 bits per heavy atom. The Morgan fingerprint density at radius 3 is 2.69 bits per heavy atom. The first-order chi connectivity index (χ1) is 12.2. The number of guanidine groups is 1. The predicted octanol–water partition coefficient (Wildman–Crippen LogP) is 3.13. The van der Waals surface area contributed by atoms with Crippen LogP contribution < -0.4 is 10.2 Å². The number of morpholine rings is 1. The second-order valence-corrected chi connectivity index (χ2v) is 7.14. The van der Waals surface area contributed by atoms with Gasteiger partial charge in [0.2, 0.25) is 0 Å². The number of nitrogens with one attached hydrogen (secondary N) is 1. The fourth-order valence-electron chi connectivity index (χ4n) is 3.90. The van der Waals surface area contributed by atoms with Gasteiger partial charge in [0.15, 0.2) is 5.96 Å². The van der Waals surface area contributed by atoms with Crippen LogP contribution in [0.3, 0.4) is 0 Å². The summed E-state index contributed by atoms with van der Waals surface area (Å²) in [5.41, 5.74) is 2.72. The van der Waals surface area contributed by atoms with Gasteiger partial charge in [0.25, 0.3) is 0 Å². The normalized spacial score (nSPS) is 23.5. The van der Waals surface area contributed by atoms with Crippen molar-refractivity contribution in [3.8, 4) is 0 Å². The molecule has 0 aromatic heterocycles. The van der Waals surface area contributed by atoms with Crippen LogP contribution in [-0.2, 0) is 11.2 Å². The Bertz CT molecular complexity index is 585. The molecule has 2 aliphatic heterocycles. The molecule has 6 heteroatoms. The highest BCUT2D eigenvalue weighted by molar-refractivity contribution is 14.0. The largest absolute Gasteiger partial charge is 0.373 e. The highest BCUT2D eigenvalue weighted by atomic mass is 127. The number of para-hydroxylation sites is 1. The molecular weight excluding hydrogens is 439 g/mol. The van der Waals surface area contributed by atoms with Crippen molar-refractivity contribution >= 4 is 35.6 Å². The Hall–Kier alpha value is -0.860. The molecule has 1 aromatic rings. The van der Waals surface area contributed by atoms with Crippen molar-refractivity contribution in [1.82, 2.24) is 10.2 Å². The zero-order valence-electron chi connectivity index (χ0n) is 16.3. The quantitative estimate of drug-likeness (QED) is 0.310. The predicted molar refractivity (Wildman–Crippen MR) is 120 cm³/mol. The van der Waals surface area contributed by atoms with Crippen LogP contribution >= 0.6 is 24.0 Å². The zero-order valence-corrected chi connectivity index (χ0v) is 18.6. The number of ether oxygens (including phenoxy) is 1. The zero-order chi connectivity index (χ0) is 17.6. The molecule has 0 spiro atoms. The summed E-state index contributed by atoms with van der Waals surface area (Å²) < 4.78 is 5.81. The van der Waals surface area contributed by atoms with Crippen LogP contribution in [0.25, 0.3) is 0 Å². The van der Waals surface area contributed by atoms with Crippen LogP contribution in [0.4, 0.5) is 5.69 Å². The van der Waals surface area contributed by atoms with Gasteiger partial charge in [-0.1, -0.05) is 18.2 Å². The van der Waals surface area contributed by atoms with Crippen LogP contribution in [0, 0.1) is 0 Å². The van der Waals surface area contributed by atoms with Crippen molar-refractivity contribution in [2.24, 2.45) is 4.99 Å². The molecule has 0 saturated carbocycles. The summed E-state index contributed by atoms with van der Waals surface area (Å²) in [4.78, 5) is 9.73. The molecule has 2 heterocycles. The van der Waals surface area contributed by atoms with E-state index in [4.69, 9.17) is 9.73 Å². The molecular formula is C20H33IN4O. The van der Waals surface area contributed by atoms with E-state index in [1.807, 2.05) is 0 Å². The molecule has 1 fully saturated rings. The van der Waals surface area contributed by atoms with Gasteiger partial charge < -0.3 is 15.0 Å². The summed E-state index contributed by atoms with van der Waals surface area (Å²) in [5.74, 6) is 1.02. The number of aliphatic imine (C=N–C) groups is 1. The molecule has 146 valence electrons. The molecule has 2 unspecified atom stereocenters. The van der Waals surface area contributed by atoms with Crippen LogP contribution in [0.5, 0.6) is 0 Å². The molecule has 5 nitrogen and oxygen atoms in total. The van der Waals surface area contributed by atoms with Crippen molar-refractivity contribution in [2.75, 3.05) is 44.2 Å². The maximum Gasteiger partial charge on any atom is 0.198 e. The maximum absolute atomic E-state index is 5.81. The van der Waals surface area contributed by atoms with Gasteiger partial charge >= 0.3 is 0 Å². The summed E-state index contributed by atoms with van der Waals surface area (Å²) in [7, 11) is 0. The Balaban J connectivity index is 0.00000243. The molecule has 1 saturated heterocycles. The third-order valence-corrected chi connectivity index (χ3v) is 4.87. The van der Waals surface area contributed by atoms with Crippen LogP contribution in [0.15, 0.2) is 29.3 Å². The summed E-state index contributed by atoms with van der Waals surface area (Å²) in [6.45, 7) is 12.4. The minimum atomic E-state index is 0. The molecule has 26 heavy (non-hydrogen) atoms. The summed E-state index contributed by atoms with van der Waals surface area (Å²) >= 11 is 0. The van der Waals surface area contributed by atoms with E-state index in [1.165, 1.54) is 11.3 Å². The minimum absolute atomic E-state index is 0. The van der Waals surface area contributed by atoms with E-state index in [0.717, 1.165) is 58.1 Å². The van der Waals surface area contributed by atoms with Crippen LogP contribution in [0.1, 0.15) is 32.8 Å². The lowest BCUT2D eigenvalue weighted by Gasteiger charge is -2.35. The first-order valence-corrected chi connectivity index (χ1v) is 9.69. The average Bonchev–Trinajstić information content (AvgIpc) is 3.01. The van der Waals surface area contributed by atoms with Gasteiger partial charge in [0, 0.05) is 45.0 Å². The van der Waals surface area contributed by atoms with Gasteiger partial charge in [-0.3, -0.25) is 9.89 Å². The molecule has 0 bridgehead atoms. The molecule has 3 rings (SSSR count). The van der Waals surface area contributed by atoms with Gasteiger partial charge in [-0.05, 0) is 45.2 Å². The lowest BCUT2D eigenvalue weighted by molar-refractivity contribution is -0.0679. The van der Waals surface area contributed by atoms with Gasteiger partial charge in [-0.2, -0.15) is 0 Å². The molecule has 1 aromatic carbocycles. The van der Waals surface area contributed by atoms with Gasteiger partial charge in [-0.15, -0.1) is 24.0 Å². The number of halogens is 1. The number of hydrogen-bond donors (Lipinski definition) is 1. The number of rotatable bonds is 5. The maximum atomic E-state index is 5.81. The smallest absolute Gasteiger partial charge is 0.198 e. The van der Waals surface area contributed by atoms with E-state index >= 15 is 0 Å². The lowest BCUT2D eigenvalue weighted by atomic mass is 10.2. The van der Waals surface area contributed by atoms with E-state index < -0.39 is 0 Å². The van der Waals surface area contributed by atoms with E-state index in [0.29, 0.717) is 12.2 Å². The third kappa shape index (κ3) is 5.57. The van der Waals surface area contributed by atoms with Gasteiger partial charge in [0.05, 0.1) is 12.2 Å². The number of benzene rings is 1. The summed E-state index contributed by atoms with van der Waals surface area (Å²) in [5, 5.41) is 3.46. The first-order valence-electron chi connectivity index (χ1n) is 9.69.